The second-order valence-electron chi connectivity index (χ2n) is 16.1. The van der Waals surface area contributed by atoms with Crippen molar-refractivity contribution in [1.82, 2.24) is 5.32 Å². The van der Waals surface area contributed by atoms with E-state index < -0.39 is 20.0 Å². The number of unbranched alkanes of at least 4 members (excludes halogenated alkanes) is 26. The van der Waals surface area contributed by atoms with E-state index in [1.165, 1.54) is 141 Å². The van der Waals surface area contributed by atoms with Gasteiger partial charge in [0.25, 0.3) is 0 Å². The lowest BCUT2D eigenvalue weighted by Gasteiger charge is -2.26. The molecule has 3 atom stereocenters. The molecule has 0 fully saturated rings. The first kappa shape index (κ1) is 49.5. The number of carbonyl (C=O) groups is 1. The lowest BCUT2D eigenvalue weighted by molar-refractivity contribution is -0.870. The van der Waals surface area contributed by atoms with E-state index in [4.69, 9.17) is 9.05 Å². The molecule has 0 spiro atoms. The Morgan fingerprint density at radius 1 is 0.600 bits per heavy atom. The number of nitrogens with zero attached hydrogens (tertiary/aromatic N) is 1. The lowest BCUT2D eigenvalue weighted by atomic mass is 10.0. The molecule has 300 valence electrons. The first-order chi connectivity index (χ1) is 24.0. The van der Waals surface area contributed by atoms with Gasteiger partial charge < -0.3 is 19.8 Å². The minimum Gasteiger partial charge on any atom is -0.391 e. The van der Waals surface area contributed by atoms with Crippen LogP contribution in [0.2, 0.25) is 0 Å². The molecule has 0 radical (unpaired) electrons. The highest BCUT2D eigenvalue weighted by Gasteiger charge is 2.28. The molecular weight excluding hydrogens is 647 g/mol. The van der Waals surface area contributed by atoms with Crippen molar-refractivity contribution < 1.29 is 32.9 Å². The van der Waals surface area contributed by atoms with Gasteiger partial charge in [0.05, 0.1) is 39.9 Å². The Bertz CT molecular complexity index is 794. The quantitative estimate of drug-likeness (QED) is 0.0330. The van der Waals surface area contributed by atoms with Crippen LogP contribution in [0.25, 0.3) is 0 Å². The molecule has 0 saturated carbocycles. The van der Waals surface area contributed by atoms with E-state index in [9.17, 15) is 19.4 Å². The maximum atomic E-state index is 12.8. The summed E-state index contributed by atoms with van der Waals surface area (Å²) in [5.41, 5.74) is 0. The third kappa shape index (κ3) is 35.9. The number of phosphoric ester groups is 1. The van der Waals surface area contributed by atoms with E-state index in [2.05, 4.69) is 19.2 Å². The zero-order chi connectivity index (χ0) is 37.2. The summed E-state index contributed by atoms with van der Waals surface area (Å²) < 4.78 is 23.6. The van der Waals surface area contributed by atoms with Crippen molar-refractivity contribution >= 4 is 13.7 Å². The van der Waals surface area contributed by atoms with E-state index in [0.29, 0.717) is 23.9 Å². The predicted molar refractivity (Wildman–Crippen MR) is 212 cm³/mol. The highest BCUT2D eigenvalue weighted by molar-refractivity contribution is 7.47. The van der Waals surface area contributed by atoms with Crippen LogP contribution in [0.1, 0.15) is 206 Å². The van der Waals surface area contributed by atoms with Gasteiger partial charge in [0.15, 0.2) is 0 Å². The molecule has 0 bridgehead atoms. The normalized spacial score (nSPS) is 14.5. The van der Waals surface area contributed by atoms with Crippen molar-refractivity contribution in [3.05, 3.63) is 0 Å². The van der Waals surface area contributed by atoms with E-state index >= 15 is 0 Å². The Morgan fingerprint density at radius 2 is 0.960 bits per heavy atom. The number of amides is 1. The van der Waals surface area contributed by atoms with Crippen molar-refractivity contribution in [2.45, 2.75) is 219 Å². The first-order valence-electron chi connectivity index (χ1n) is 21.4. The van der Waals surface area contributed by atoms with Gasteiger partial charge in [0, 0.05) is 6.42 Å². The third-order valence-electron chi connectivity index (χ3n) is 9.86. The number of quaternary nitrogens is 1. The molecule has 0 heterocycles. The molecule has 0 aromatic carbocycles. The maximum absolute atomic E-state index is 12.8. The molecule has 8 nitrogen and oxygen atoms in total. The summed E-state index contributed by atoms with van der Waals surface area (Å²) in [5, 5.41) is 13.9. The predicted octanol–water partition coefficient (Wildman–Crippen LogP) is 11.4. The van der Waals surface area contributed by atoms with E-state index in [1.807, 2.05) is 21.1 Å². The summed E-state index contributed by atoms with van der Waals surface area (Å²) in [4.78, 5) is 23.1. The number of phosphoric acid groups is 1. The van der Waals surface area contributed by atoms with Crippen LogP contribution >= 0.6 is 7.82 Å². The van der Waals surface area contributed by atoms with Gasteiger partial charge in [0.1, 0.15) is 13.2 Å². The second kappa shape index (κ2) is 34.3. The van der Waals surface area contributed by atoms with Crippen LogP contribution in [0.3, 0.4) is 0 Å². The highest BCUT2D eigenvalue weighted by Crippen LogP contribution is 2.43. The molecule has 1 unspecified atom stereocenters. The lowest BCUT2D eigenvalue weighted by Crippen LogP contribution is -2.46. The monoisotopic (exact) mass is 734 g/mol. The Hall–Kier alpha value is -0.500. The Kier molecular flexibility index (Phi) is 33.9. The number of rotatable bonds is 39. The van der Waals surface area contributed by atoms with Crippen LogP contribution in [0.4, 0.5) is 0 Å². The van der Waals surface area contributed by atoms with Crippen LogP contribution in [-0.2, 0) is 18.4 Å². The third-order valence-corrected chi connectivity index (χ3v) is 10.8. The van der Waals surface area contributed by atoms with Crippen molar-refractivity contribution in [2.75, 3.05) is 40.9 Å². The van der Waals surface area contributed by atoms with Crippen LogP contribution in [0.5, 0.6) is 0 Å². The SMILES string of the molecule is CCCCCCCCCCCCCCCCCC(=O)N[C@H](COP(=O)(O)OCC[N+](C)(C)C)[C@@H](O)CCCCCCCCCCCCCCC. The molecule has 0 saturated heterocycles. The first-order valence-corrected chi connectivity index (χ1v) is 22.9. The minimum absolute atomic E-state index is 0.0784. The van der Waals surface area contributed by atoms with E-state index in [1.54, 1.807) is 0 Å². The summed E-state index contributed by atoms with van der Waals surface area (Å²) in [6.07, 6.45) is 35.4. The average Bonchev–Trinajstić information content (AvgIpc) is 3.06. The van der Waals surface area contributed by atoms with Gasteiger partial charge in [-0.1, -0.05) is 187 Å². The van der Waals surface area contributed by atoms with Gasteiger partial charge in [-0.25, -0.2) is 4.57 Å². The molecule has 50 heavy (non-hydrogen) atoms. The Labute approximate surface area is 310 Å². The number of hydrogen-bond acceptors (Lipinski definition) is 5. The fourth-order valence-corrected chi connectivity index (χ4v) is 7.13. The zero-order valence-electron chi connectivity index (χ0n) is 33.9. The fourth-order valence-electron chi connectivity index (χ4n) is 6.40. The molecule has 0 aliphatic rings. The van der Waals surface area contributed by atoms with Crippen molar-refractivity contribution in [2.24, 2.45) is 0 Å². The molecule has 9 heteroatoms. The number of nitrogens with one attached hydrogen (secondary N) is 1. The van der Waals surface area contributed by atoms with Crippen LogP contribution in [-0.4, -0.2) is 73.4 Å². The molecule has 0 aromatic rings. The fraction of sp³-hybridized carbons (Fsp3) is 0.976. The van der Waals surface area contributed by atoms with Gasteiger partial charge in [-0.3, -0.25) is 13.8 Å². The number of aliphatic hydroxyl groups excluding tert-OH is 1. The largest absolute Gasteiger partial charge is 0.472 e. The summed E-state index contributed by atoms with van der Waals surface area (Å²) in [5.74, 6) is -0.142. The average molecular weight is 734 g/mol. The number of aliphatic hydroxyl groups is 1. The Morgan fingerprint density at radius 3 is 1.34 bits per heavy atom. The van der Waals surface area contributed by atoms with Crippen molar-refractivity contribution in [1.29, 1.82) is 0 Å². The molecule has 1 amide bonds. The van der Waals surface area contributed by atoms with Crippen molar-refractivity contribution in [3.8, 4) is 0 Å². The summed E-state index contributed by atoms with van der Waals surface area (Å²) in [7, 11) is 1.63. The standard InChI is InChI=1S/C41H85N2O6P/c1-6-8-10-12-14-16-18-20-21-23-25-27-29-31-33-35-41(45)42-39(38-49-50(46,47)48-37-36-43(3,4)5)40(44)34-32-30-28-26-24-22-19-17-15-13-11-9-7-2/h39-40,44H,6-38H2,1-5H3,(H-,42,45,46,47)/p+1/t39-,40+/m1/s1. The Balaban J connectivity index is 4.36. The summed E-state index contributed by atoms with van der Waals surface area (Å²) in [6, 6.07) is -0.751. The van der Waals surface area contributed by atoms with Gasteiger partial charge in [-0.15, -0.1) is 0 Å². The van der Waals surface area contributed by atoms with E-state index in [0.717, 1.165) is 38.5 Å². The highest BCUT2D eigenvalue weighted by atomic mass is 31.2. The van der Waals surface area contributed by atoms with Crippen LogP contribution < -0.4 is 5.32 Å². The molecule has 3 N–H and O–H groups in total. The molecule has 0 aliphatic carbocycles. The minimum atomic E-state index is -4.30. The van der Waals surface area contributed by atoms with Gasteiger partial charge in [-0.2, -0.15) is 0 Å². The van der Waals surface area contributed by atoms with E-state index in [-0.39, 0.29) is 19.1 Å². The van der Waals surface area contributed by atoms with Gasteiger partial charge in [0.2, 0.25) is 5.91 Å². The topological polar surface area (TPSA) is 105 Å². The van der Waals surface area contributed by atoms with Gasteiger partial charge >= 0.3 is 7.82 Å². The van der Waals surface area contributed by atoms with Crippen molar-refractivity contribution in [3.63, 3.8) is 0 Å². The number of carbonyl (C=O) groups excluding carboxylic acids is 1. The van der Waals surface area contributed by atoms with Crippen LogP contribution in [0.15, 0.2) is 0 Å². The summed E-state index contributed by atoms with van der Waals surface area (Å²) in [6.45, 7) is 4.89. The summed E-state index contributed by atoms with van der Waals surface area (Å²) >= 11 is 0. The zero-order valence-corrected chi connectivity index (χ0v) is 34.8. The second-order valence-corrected chi connectivity index (χ2v) is 17.5. The molecule has 0 aliphatic heterocycles. The number of hydrogen-bond donors (Lipinski definition) is 3. The smallest absolute Gasteiger partial charge is 0.391 e. The van der Waals surface area contributed by atoms with Crippen LogP contribution in [0, 0.1) is 0 Å². The molecule has 0 rings (SSSR count). The van der Waals surface area contributed by atoms with Gasteiger partial charge in [-0.05, 0) is 12.8 Å². The molecule has 0 aromatic heterocycles. The molecular formula is C41H86N2O6P+. The maximum Gasteiger partial charge on any atom is 0.472 e. The number of likely N-dealkylation sites (N-methyl/N-ethyl adjacent to an activating group) is 1.